The van der Waals surface area contributed by atoms with Gasteiger partial charge in [0.1, 0.15) is 5.92 Å². The molecule has 2 aromatic heterocycles. The van der Waals surface area contributed by atoms with Crippen molar-refractivity contribution in [3.05, 3.63) is 71.5 Å². The number of amides is 2. The van der Waals surface area contributed by atoms with Gasteiger partial charge in [-0.25, -0.2) is 0 Å². The van der Waals surface area contributed by atoms with Gasteiger partial charge in [0.2, 0.25) is 11.8 Å². The summed E-state index contributed by atoms with van der Waals surface area (Å²) in [6, 6.07) is 13.6. The zero-order chi connectivity index (χ0) is 20.4. The van der Waals surface area contributed by atoms with E-state index in [0.717, 1.165) is 41.2 Å². The van der Waals surface area contributed by atoms with Crippen molar-refractivity contribution >= 4 is 39.4 Å². The Morgan fingerprint density at radius 1 is 1.00 bits per heavy atom. The number of aromatic nitrogens is 2. The number of carbonyl (C=O) groups is 3. The van der Waals surface area contributed by atoms with E-state index in [1.807, 2.05) is 42.6 Å². The Kier molecular flexibility index (Phi) is 3.53. The first kappa shape index (κ1) is 17.2. The highest BCUT2D eigenvalue weighted by molar-refractivity contribution is 6.24. The molecule has 4 aromatic rings. The number of rotatable bonds is 3. The quantitative estimate of drug-likeness (QED) is 0.316. The van der Waals surface area contributed by atoms with Crippen molar-refractivity contribution in [3.63, 3.8) is 0 Å². The number of hydrogen-bond donors (Lipinski definition) is 2. The molecule has 2 aliphatic heterocycles. The fourth-order valence-electron chi connectivity index (χ4n) is 5.14. The van der Waals surface area contributed by atoms with Gasteiger partial charge in [0.05, 0.1) is 11.4 Å². The number of ketones is 1. The average Bonchev–Trinajstić information content (AvgIpc) is 3.42. The van der Waals surface area contributed by atoms with Gasteiger partial charge in [-0.2, -0.15) is 0 Å². The van der Waals surface area contributed by atoms with Crippen LogP contribution in [0.15, 0.2) is 54.9 Å². The van der Waals surface area contributed by atoms with Crippen molar-refractivity contribution in [1.29, 1.82) is 0 Å². The molecule has 0 unspecified atom stereocenters. The van der Waals surface area contributed by atoms with Gasteiger partial charge in [-0.3, -0.25) is 19.7 Å². The van der Waals surface area contributed by atoms with Crippen LogP contribution in [-0.4, -0.2) is 27.1 Å². The monoisotopic (exact) mass is 397 g/mol. The molecule has 2 aromatic carbocycles. The van der Waals surface area contributed by atoms with Gasteiger partial charge >= 0.3 is 0 Å². The highest BCUT2D eigenvalue weighted by Crippen LogP contribution is 2.38. The molecule has 2 amide bonds. The number of nitrogens with one attached hydrogen (secondary N) is 2. The van der Waals surface area contributed by atoms with Crippen LogP contribution in [0.25, 0.3) is 21.8 Å². The molecule has 4 heterocycles. The number of H-pyrrole nitrogens is 1. The highest BCUT2D eigenvalue weighted by atomic mass is 16.2. The Labute approximate surface area is 171 Å². The van der Waals surface area contributed by atoms with E-state index in [1.165, 1.54) is 5.56 Å². The minimum atomic E-state index is -1.07. The van der Waals surface area contributed by atoms with Gasteiger partial charge in [0.15, 0.2) is 5.78 Å². The predicted octanol–water partition coefficient (Wildman–Crippen LogP) is 3.31. The van der Waals surface area contributed by atoms with Crippen molar-refractivity contribution in [2.45, 2.75) is 25.3 Å². The zero-order valence-corrected chi connectivity index (χ0v) is 16.1. The Morgan fingerprint density at radius 3 is 2.73 bits per heavy atom. The summed E-state index contributed by atoms with van der Waals surface area (Å²) in [4.78, 5) is 42.4. The van der Waals surface area contributed by atoms with Crippen molar-refractivity contribution in [2.24, 2.45) is 5.92 Å². The molecule has 0 aliphatic carbocycles. The van der Waals surface area contributed by atoms with Crippen LogP contribution in [0.5, 0.6) is 0 Å². The molecule has 2 N–H and O–H groups in total. The smallest absolute Gasteiger partial charge is 0.238 e. The number of aromatic amines is 1. The van der Waals surface area contributed by atoms with Gasteiger partial charge < -0.3 is 9.55 Å². The predicted molar refractivity (Wildman–Crippen MR) is 112 cm³/mol. The number of imide groups is 1. The Bertz CT molecular complexity index is 1380. The topological polar surface area (TPSA) is 84.0 Å². The maximum Gasteiger partial charge on any atom is 0.238 e. The molecule has 6 nitrogen and oxygen atoms in total. The summed E-state index contributed by atoms with van der Waals surface area (Å²) in [5.41, 5.74) is 4.37. The Morgan fingerprint density at radius 2 is 1.83 bits per heavy atom. The molecule has 148 valence electrons. The molecule has 0 bridgehead atoms. The number of nitrogens with zero attached hydrogens (tertiary/aromatic N) is 1. The normalized spacial score (nSPS) is 20.8. The molecule has 6 rings (SSSR count). The van der Waals surface area contributed by atoms with Crippen molar-refractivity contribution in [1.82, 2.24) is 14.9 Å². The summed E-state index contributed by atoms with van der Waals surface area (Å²) in [6.45, 7) is 0.850. The number of benzene rings is 2. The van der Waals surface area contributed by atoms with E-state index in [0.29, 0.717) is 11.1 Å². The molecule has 2 atom stereocenters. The van der Waals surface area contributed by atoms with E-state index in [4.69, 9.17) is 0 Å². The van der Waals surface area contributed by atoms with E-state index in [1.54, 1.807) is 6.20 Å². The molecule has 1 saturated heterocycles. The number of carbonyl (C=O) groups excluding carboxylic acids is 3. The standard InChI is InChI=1S/C24H19N3O3/c28-22(17-12-27-10-4-6-13-5-3-8-15(17)21(13)27)20-19(23(29)26-24(20)30)16-11-25-18-9-2-1-7-14(16)18/h1-3,5,7-9,11-12,19-20,25H,4,6,10H2,(H,26,29,30)/t19-,20-/m1/s1. The summed E-state index contributed by atoms with van der Waals surface area (Å²) < 4.78 is 2.11. The van der Waals surface area contributed by atoms with E-state index in [9.17, 15) is 14.4 Å². The molecular formula is C24H19N3O3. The van der Waals surface area contributed by atoms with Gasteiger partial charge in [0.25, 0.3) is 0 Å². The molecule has 2 aliphatic rings. The molecular weight excluding hydrogens is 378 g/mol. The highest BCUT2D eigenvalue weighted by Gasteiger charge is 2.48. The SMILES string of the molecule is O=C1NC(=O)[C@H](c2c[nH]c3ccccc23)[C@@H]1C(=O)c1cn2c3c(cccc13)CCC2. The number of hydrogen-bond acceptors (Lipinski definition) is 3. The Balaban J connectivity index is 1.50. The van der Waals surface area contributed by atoms with Crippen LogP contribution >= 0.6 is 0 Å². The van der Waals surface area contributed by atoms with Gasteiger partial charge in [-0.1, -0.05) is 36.4 Å². The first-order chi connectivity index (χ1) is 14.6. The van der Waals surface area contributed by atoms with E-state index < -0.39 is 23.7 Å². The first-order valence-corrected chi connectivity index (χ1v) is 10.2. The van der Waals surface area contributed by atoms with Gasteiger partial charge in [-0.05, 0) is 30.0 Å². The molecule has 6 heteroatoms. The van der Waals surface area contributed by atoms with Crippen molar-refractivity contribution in [2.75, 3.05) is 0 Å². The third-order valence-electron chi connectivity index (χ3n) is 6.48. The average molecular weight is 397 g/mol. The molecule has 1 fully saturated rings. The maximum absolute atomic E-state index is 13.7. The largest absolute Gasteiger partial charge is 0.361 e. The summed E-state index contributed by atoms with van der Waals surface area (Å²) in [6.07, 6.45) is 5.60. The molecule has 0 saturated carbocycles. The van der Waals surface area contributed by atoms with Crippen molar-refractivity contribution < 1.29 is 14.4 Å². The van der Waals surface area contributed by atoms with Gasteiger partial charge in [0, 0.05) is 40.8 Å². The summed E-state index contributed by atoms with van der Waals surface area (Å²) in [7, 11) is 0. The van der Waals surface area contributed by atoms with E-state index in [-0.39, 0.29) is 5.78 Å². The number of aryl methyl sites for hydroxylation is 2. The second-order valence-electron chi connectivity index (χ2n) is 8.12. The minimum Gasteiger partial charge on any atom is -0.361 e. The summed E-state index contributed by atoms with van der Waals surface area (Å²) in [5.74, 6) is -3.14. The second-order valence-corrected chi connectivity index (χ2v) is 8.12. The number of Topliss-reactive ketones (excluding diaryl/α,β-unsaturated/α-hetero) is 1. The lowest BCUT2D eigenvalue weighted by atomic mass is 9.82. The molecule has 0 radical (unpaired) electrons. The fraction of sp³-hybridized carbons (Fsp3) is 0.208. The summed E-state index contributed by atoms with van der Waals surface area (Å²) in [5, 5.41) is 4.11. The zero-order valence-electron chi connectivity index (χ0n) is 16.1. The lowest BCUT2D eigenvalue weighted by Gasteiger charge is -2.14. The first-order valence-electron chi connectivity index (χ1n) is 10.2. The number of para-hydroxylation sites is 2. The van der Waals surface area contributed by atoms with Crippen LogP contribution in [-0.2, 0) is 22.6 Å². The molecule has 0 spiro atoms. The second kappa shape index (κ2) is 6.16. The lowest BCUT2D eigenvalue weighted by molar-refractivity contribution is -0.125. The van der Waals surface area contributed by atoms with Crippen LogP contribution in [0.2, 0.25) is 0 Å². The maximum atomic E-state index is 13.7. The minimum absolute atomic E-state index is 0.295. The summed E-state index contributed by atoms with van der Waals surface area (Å²) >= 11 is 0. The number of fused-ring (bicyclic) bond motifs is 1. The molecule has 30 heavy (non-hydrogen) atoms. The van der Waals surface area contributed by atoms with Crippen LogP contribution < -0.4 is 5.32 Å². The van der Waals surface area contributed by atoms with E-state index in [2.05, 4.69) is 20.9 Å². The Hall–Kier alpha value is -3.67. The van der Waals surface area contributed by atoms with E-state index >= 15 is 0 Å². The lowest BCUT2D eigenvalue weighted by Crippen LogP contribution is -2.27. The van der Waals surface area contributed by atoms with Crippen LogP contribution in [0.3, 0.4) is 0 Å². The van der Waals surface area contributed by atoms with Crippen LogP contribution in [0.4, 0.5) is 0 Å². The van der Waals surface area contributed by atoms with Crippen LogP contribution in [0, 0.1) is 5.92 Å². The third-order valence-corrected chi connectivity index (χ3v) is 6.48. The van der Waals surface area contributed by atoms with Gasteiger partial charge in [-0.15, -0.1) is 0 Å². The van der Waals surface area contributed by atoms with Crippen molar-refractivity contribution in [3.8, 4) is 0 Å². The fourth-order valence-corrected chi connectivity index (χ4v) is 5.14. The third kappa shape index (κ3) is 2.27. The van der Waals surface area contributed by atoms with Crippen LogP contribution in [0.1, 0.15) is 33.8 Å².